The highest BCUT2D eigenvalue weighted by molar-refractivity contribution is 5.78. The Morgan fingerprint density at radius 1 is 1.38 bits per heavy atom. The molecule has 0 saturated carbocycles. The minimum absolute atomic E-state index is 0.0178. The summed E-state index contributed by atoms with van der Waals surface area (Å²) in [6.45, 7) is 3.84. The highest BCUT2D eigenvalue weighted by Gasteiger charge is 2.18. The average molecular weight is 222 g/mol. The Kier molecular flexibility index (Phi) is 5.15. The Labute approximate surface area is 96.1 Å². The van der Waals surface area contributed by atoms with Crippen molar-refractivity contribution in [3.05, 3.63) is 35.9 Å². The third kappa shape index (κ3) is 4.13. The number of ether oxygens (including phenoxy) is 1. The van der Waals surface area contributed by atoms with E-state index in [-0.39, 0.29) is 18.3 Å². The lowest BCUT2D eigenvalue weighted by molar-refractivity contribution is -0.125. The van der Waals surface area contributed by atoms with Gasteiger partial charge in [-0.2, -0.15) is 0 Å². The van der Waals surface area contributed by atoms with E-state index in [0.717, 1.165) is 5.56 Å². The standard InChI is InChI=1S/C13H18O3/c1-10(11(2)14)13(15)9-16-8-12-6-4-3-5-7-12/h3-7,10,13,15H,8-9H2,1-2H3/t10-,13-/m1/s1. The zero-order chi connectivity index (χ0) is 12.0. The summed E-state index contributed by atoms with van der Waals surface area (Å²) in [5, 5.41) is 9.62. The Morgan fingerprint density at radius 2 is 2.00 bits per heavy atom. The SMILES string of the molecule is CC(=O)[C@@H](C)[C@H](O)COCc1ccccc1. The lowest BCUT2D eigenvalue weighted by Crippen LogP contribution is -2.28. The first-order chi connectivity index (χ1) is 7.61. The van der Waals surface area contributed by atoms with E-state index in [4.69, 9.17) is 4.74 Å². The van der Waals surface area contributed by atoms with Crippen molar-refractivity contribution in [2.45, 2.75) is 26.6 Å². The van der Waals surface area contributed by atoms with E-state index >= 15 is 0 Å². The maximum absolute atomic E-state index is 11.0. The maximum atomic E-state index is 11.0. The van der Waals surface area contributed by atoms with Crippen molar-refractivity contribution in [3.8, 4) is 0 Å². The van der Waals surface area contributed by atoms with Crippen molar-refractivity contribution >= 4 is 5.78 Å². The van der Waals surface area contributed by atoms with E-state index < -0.39 is 6.10 Å². The minimum Gasteiger partial charge on any atom is -0.390 e. The van der Waals surface area contributed by atoms with Crippen LogP contribution in [0.3, 0.4) is 0 Å². The quantitative estimate of drug-likeness (QED) is 0.798. The van der Waals surface area contributed by atoms with Gasteiger partial charge in [-0.15, -0.1) is 0 Å². The van der Waals surface area contributed by atoms with Gasteiger partial charge in [-0.3, -0.25) is 4.79 Å². The van der Waals surface area contributed by atoms with Crippen molar-refractivity contribution in [1.82, 2.24) is 0 Å². The molecule has 3 nitrogen and oxygen atoms in total. The summed E-state index contributed by atoms with van der Waals surface area (Å²) in [6.07, 6.45) is -0.721. The monoisotopic (exact) mass is 222 g/mol. The Hall–Kier alpha value is -1.19. The Morgan fingerprint density at radius 3 is 2.56 bits per heavy atom. The first kappa shape index (κ1) is 12.9. The van der Waals surface area contributed by atoms with Crippen LogP contribution in [0.1, 0.15) is 19.4 Å². The molecule has 3 heteroatoms. The van der Waals surface area contributed by atoms with Crippen molar-refractivity contribution in [2.24, 2.45) is 5.92 Å². The van der Waals surface area contributed by atoms with Crippen molar-refractivity contribution in [3.63, 3.8) is 0 Å². The Balaban J connectivity index is 2.28. The molecule has 1 aromatic carbocycles. The molecular formula is C13H18O3. The van der Waals surface area contributed by atoms with Crippen LogP contribution in [0.15, 0.2) is 30.3 Å². The predicted molar refractivity (Wildman–Crippen MR) is 61.9 cm³/mol. The van der Waals surface area contributed by atoms with Crippen LogP contribution in [0.5, 0.6) is 0 Å². The topological polar surface area (TPSA) is 46.5 Å². The summed E-state index contributed by atoms with van der Waals surface area (Å²) in [5.41, 5.74) is 1.06. The molecule has 1 N–H and O–H groups in total. The van der Waals surface area contributed by atoms with E-state index in [1.807, 2.05) is 30.3 Å². The number of ketones is 1. The molecule has 0 aromatic heterocycles. The fourth-order valence-corrected chi connectivity index (χ4v) is 1.29. The van der Waals surface area contributed by atoms with Crippen LogP contribution in [0.4, 0.5) is 0 Å². The van der Waals surface area contributed by atoms with E-state index in [1.54, 1.807) is 6.92 Å². The number of hydrogen-bond donors (Lipinski definition) is 1. The molecule has 0 aliphatic heterocycles. The second-order valence-electron chi connectivity index (χ2n) is 3.97. The number of aliphatic hydroxyl groups excluding tert-OH is 1. The molecule has 0 saturated heterocycles. The van der Waals surface area contributed by atoms with Crippen LogP contribution in [0.2, 0.25) is 0 Å². The predicted octanol–water partition coefficient (Wildman–Crippen LogP) is 1.79. The van der Waals surface area contributed by atoms with Gasteiger partial charge < -0.3 is 9.84 Å². The van der Waals surface area contributed by atoms with Gasteiger partial charge in [0.25, 0.3) is 0 Å². The molecule has 1 rings (SSSR count). The number of rotatable bonds is 6. The lowest BCUT2D eigenvalue weighted by atomic mass is 10.0. The van der Waals surface area contributed by atoms with Gasteiger partial charge in [0, 0.05) is 5.92 Å². The smallest absolute Gasteiger partial charge is 0.135 e. The fourth-order valence-electron chi connectivity index (χ4n) is 1.29. The maximum Gasteiger partial charge on any atom is 0.135 e. The molecule has 0 fully saturated rings. The zero-order valence-electron chi connectivity index (χ0n) is 9.72. The third-order valence-corrected chi connectivity index (χ3v) is 2.62. The first-order valence-electron chi connectivity index (χ1n) is 5.41. The van der Waals surface area contributed by atoms with Crippen LogP contribution in [-0.2, 0) is 16.1 Å². The zero-order valence-corrected chi connectivity index (χ0v) is 9.72. The molecule has 0 aliphatic rings. The normalized spacial score (nSPS) is 14.4. The third-order valence-electron chi connectivity index (χ3n) is 2.62. The largest absolute Gasteiger partial charge is 0.390 e. The van der Waals surface area contributed by atoms with Crippen molar-refractivity contribution in [1.29, 1.82) is 0 Å². The summed E-state index contributed by atoms with van der Waals surface area (Å²) in [7, 11) is 0. The van der Waals surface area contributed by atoms with Crippen molar-refractivity contribution < 1.29 is 14.6 Å². The molecule has 2 atom stereocenters. The summed E-state index contributed by atoms with van der Waals surface area (Å²) in [6, 6.07) is 9.73. The summed E-state index contributed by atoms with van der Waals surface area (Å²) in [4.78, 5) is 11.0. The van der Waals surface area contributed by atoms with Gasteiger partial charge in [0.2, 0.25) is 0 Å². The van der Waals surface area contributed by atoms with Gasteiger partial charge in [-0.1, -0.05) is 37.3 Å². The number of carbonyl (C=O) groups excluding carboxylic acids is 1. The van der Waals surface area contributed by atoms with Gasteiger partial charge in [0.15, 0.2) is 0 Å². The summed E-state index contributed by atoms with van der Waals surface area (Å²) < 4.78 is 5.35. The Bertz CT molecular complexity index is 321. The fraction of sp³-hybridized carbons (Fsp3) is 0.462. The van der Waals surface area contributed by atoms with E-state index in [0.29, 0.717) is 6.61 Å². The van der Waals surface area contributed by atoms with Gasteiger partial charge in [-0.25, -0.2) is 0 Å². The van der Waals surface area contributed by atoms with Crippen LogP contribution in [0, 0.1) is 5.92 Å². The molecule has 0 aliphatic carbocycles. The molecule has 0 radical (unpaired) electrons. The molecule has 0 bridgehead atoms. The van der Waals surface area contributed by atoms with E-state index in [1.165, 1.54) is 6.92 Å². The molecule has 88 valence electrons. The van der Waals surface area contributed by atoms with Crippen LogP contribution in [-0.4, -0.2) is 23.6 Å². The molecule has 0 heterocycles. The van der Waals surface area contributed by atoms with Gasteiger partial charge in [0.05, 0.1) is 19.3 Å². The molecular weight excluding hydrogens is 204 g/mol. The average Bonchev–Trinajstić information content (AvgIpc) is 2.29. The van der Waals surface area contributed by atoms with Crippen molar-refractivity contribution in [2.75, 3.05) is 6.61 Å². The van der Waals surface area contributed by atoms with Gasteiger partial charge in [-0.05, 0) is 12.5 Å². The second-order valence-corrected chi connectivity index (χ2v) is 3.97. The van der Waals surface area contributed by atoms with Gasteiger partial charge in [0.1, 0.15) is 5.78 Å². The van der Waals surface area contributed by atoms with Gasteiger partial charge >= 0.3 is 0 Å². The molecule has 16 heavy (non-hydrogen) atoms. The van der Waals surface area contributed by atoms with E-state index in [9.17, 15) is 9.90 Å². The molecule has 0 amide bonds. The summed E-state index contributed by atoms with van der Waals surface area (Å²) >= 11 is 0. The van der Waals surface area contributed by atoms with Crippen LogP contribution >= 0.6 is 0 Å². The second kappa shape index (κ2) is 6.40. The first-order valence-corrected chi connectivity index (χ1v) is 5.41. The number of hydrogen-bond acceptors (Lipinski definition) is 3. The number of aliphatic hydroxyl groups is 1. The number of carbonyl (C=O) groups is 1. The number of benzene rings is 1. The molecule has 1 aromatic rings. The molecule has 0 unspecified atom stereocenters. The number of Topliss-reactive ketones (excluding diaryl/α,β-unsaturated/α-hetero) is 1. The lowest BCUT2D eigenvalue weighted by Gasteiger charge is -2.16. The summed E-state index contributed by atoms with van der Waals surface area (Å²) in [5.74, 6) is -0.383. The highest BCUT2D eigenvalue weighted by atomic mass is 16.5. The van der Waals surface area contributed by atoms with Crippen LogP contribution < -0.4 is 0 Å². The van der Waals surface area contributed by atoms with E-state index in [2.05, 4.69) is 0 Å². The van der Waals surface area contributed by atoms with Crippen LogP contribution in [0.25, 0.3) is 0 Å². The highest BCUT2D eigenvalue weighted by Crippen LogP contribution is 2.06. The molecule has 0 spiro atoms. The minimum atomic E-state index is -0.721.